The molecule has 1 aliphatic carbocycles. The number of hydrogen-bond donors (Lipinski definition) is 1. The van der Waals surface area contributed by atoms with E-state index in [0.29, 0.717) is 25.0 Å². The quantitative estimate of drug-likeness (QED) is 0.460. The molecule has 2 aliphatic rings. The monoisotopic (exact) mass is 299 g/mol. The van der Waals surface area contributed by atoms with Gasteiger partial charge in [0.15, 0.2) is 6.54 Å². The number of nitro groups is 1. The Hall–Kier alpha value is -1.17. The molecule has 1 aliphatic heterocycles. The third-order valence-electron chi connectivity index (χ3n) is 5.09. The van der Waals surface area contributed by atoms with Crippen molar-refractivity contribution in [2.45, 2.75) is 51.5 Å². The lowest BCUT2D eigenvalue weighted by Gasteiger charge is -2.35. The molecule has 0 radical (unpaired) electrons. The lowest BCUT2D eigenvalue weighted by atomic mass is 9.74. The third-order valence-corrected chi connectivity index (χ3v) is 5.09. The number of rotatable bonds is 5. The van der Waals surface area contributed by atoms with Crippen LogP contribution >= 0.6 is 0 Å². The molecule has 0 bridgehead atoms. The van der Waals surface area contributed by atoms with Crippen LogP contribution in [0.3, 0.4) is 0 Å². The summed E-state index contributed by atoms with van der Waals surface area (Å²) in [4.78, 5) is 23.7. The molecule has 0 amide bonds. The maximum atomic E-state index is 11.5. The van der Waals surface area contributed by atoms with E-state index in [1.807, 2.05) is 6.92 Å². The summed E-state index contributed by atoms with van der Waals surface area (Å²) in [6.07, 6.45) is 5.81. The third kappa shape index (κ3) is 4.66. The second-order valence-electron chi connectivity index (χ2n) is 6.44. The van der Waals surface area contributed by atoms with Gasteiger partial charge in [-0.1, -0.05) is 0 Å². The van der Waals surface area contributed by atoms with Gasteiger partial charge in [-0.25, -0.2) is 4.79 Å². The molecule has 1 saturated heterocycles. The molecule has 6 heteroatoms. The van der Waals surface area contributed by atoms with Crippen LogP contribution < -0.4 is 4.90 Å². The van der Waals surface area contributed by atoms with Crippen LogP contribution in [-0.4, -0.2) is 43.2 Å². The largest absolute Gasteiger partial charge is 0.462 e. The second-order valence-corrected chi connectivity index (χ2v) is 6.44. The summed E-state index contributed by atoms with van der Waals surface area (Å²) in [6, 6.07) is -0.325. The Morgan fingerprint density at radius 3 is 2.57 bits per heavy atom. The van der Waals surface area contributed by atoms with Gasteiger partial charge in [-0.05, 0) is 44.4 Å². The summed E-state index contributed by atoms with van der Waals surface area (Å²) >= 11 is 0. The van der Waals surface area contributed by atoms with Gasteiger partial charge >= 0.3 is 5.97 Å². The Kier molecular flexibility index (Phi) is 5.96. The molecule has 2 unspecified atom stereocenters. The fraction of sp³-hybridized carbons (Fsp3) is 0.933. The molecule has 1 heterocycles. The predicted molar refractivity (Wildman–Crippen MR) is 77.7 cm³/mol. The SMILES string of the molecule is CCOC(=O)C[NH+]1CCC(C2CCCC([N+](=O)[O-])C2)CC1. The molecular formula is C15H27N2O4+. The minimum atomic E-state index is -0.325. The number of likely N-dealkylation sites (tertiary alicyclic amines) is 1. The molecule has 0 aromatic rings. The van der Waals surface area contributed by atoms with Crippen LogP contribution in [-0.2, 0) is 9.53 Å². The highest BCUT2D eigenvalue weighted by molar-refractivity contribution is 5.70. The minimum absolute atomic E-state index is 0.0900. The lowest BCUT2D eigenvalue weighted by Crippen LogP contribution is -3.14. The van der Waals surface area contributed by atoms with Gasteiger partial charge in [0.2, 0.25) is 6.04 Å². The molecule has 2 fully saturated rings. The van der Waals surface area contributed by atoms with Crippen molar-refractivity contribution in [2.24, 2.45) is 11.8 Å². The highest BCUT2D eigenvalue weighted by Crippen LogP contribution is 2.34. The predicted octanol–water partition coefficient (Wildman–Crippen LogP) is 0.680. The van der Waals surface area contributed by atoms with E-state index in [9.17, 15) is 14.9 Å². The summed E-state index contributed by atoms with van der Waals surface area (Å²) in [5, 5.41) is 11.0. The van der Waals surface area contributed by atoms with Crippen LogP contribution in [0.15, 0.2) is 0 Å². The van der Waals surface area contributed by atoms with Gasteiger partial charge in [-0.2, -0.15) is 0 Å². The van der Waals surface area contributed by atoms with Crippen LogP contribution in [0.4, 0.5) is 0 Å². The number of nitrogens with one attached hydrogen (secondary N) is 1. The van der Waals surface area contributed by atoms with E-state index >= 15 is 0 Å². The Morgan fingerprint density at radius 2 is 1.95 bits per heavy atom. The minimum Gasteiger partial charge on any atom is -0.462 e. The Balaban J connectivity index is 1.75. The topological polar surface area (TPSA) is 73.9 Å². The molecule has 0 aromatic heterocycles. The van der Waals surface area contributed by atoms with Gasteiger partial charge in [0.1, 0.15) is 0 Å². The second kappa shape index (κ2) is 7.73. The van der Waals surface area contributed by atoms with E-state index in [1.165, 1.54) is 4.90 Å². The number of piperidine rings is 1. The number of ether oxygens (including phenoxy) is 1. The fourth-order valence-electron chi connectivity index (χ4n) is 3.93. The highest BCUT2D eigenvalue weighted by Gasteiger charge is 2.36. The van der Waals surface area contributed by atoms with Crippen molar-refractivity contribution >= 4 is 5.97 Å². The number of nitrogens with zero attached hydrogens (tertiary/aromatic N) is 1. The number of carbonyl (C=O) groups is 1. The van der Waals surface area contributed by atoms with Gasteiger partial charge in [0.25, 0.3) is 0 Å². The van der Waals surface area contributed by atoms with Crippen molar-refractivity contribution in [1.29, 1.82) is 0 Å². The zero-order valence-electron chi connectivity index (χ0n) is 12.9. The average Bonchev–Trinajstić information content (AvgIpc) is 2.48. The van der Waals surface area contributed by atoms with Crippen LogP contribution in [0.2, 0.25) is 0 Å². The van der Waals surface area contributed by atoms with Crippen molar-refractivity contribution in [3.8, 4) is 0 Å². The first-order valence-corrected chi connectivity index (χ1v) is 8.22. The molecule has 120 valence electrons. The van der Waals surface area contributed by atoms with Gasteiger partial charge in [0.05, 0.1) is 19.7 Å². The average molecular weight is 299 g/mol. The normalized spacial score (nSPS) is 33.4. The Labute approximate surface area is 126 Å². The summed E-state index contributed by atoms with van der Waals surface area (Å²) in [6.45, 7) is 4.71. The van der Waals surface area contributed by atoms with Crippen LogP contribution in [0.1, 0.15) is 45.4 Å². The smallest absolute Gasteiger partial charge is 0.361 e. The molecular weight excluding hydrogens is 272 g/mol. The molecule has 21 heavy (non-hydrogen) atoms. The number of esters is 1. The van der Waals surface area contributed by atoms with Gasteiger partial charge in [-0.15, -0.1) is 0 Å². The van der Waals surface area contributed by atoms with Crippen molar-refractivity contribution in [3.63, 3.8) is 0 Å². The van der Waals surface area contributed by atoms with Gasteiger partial charge < -0.3 is 9.64 Å². The molecule has 1 saturated carbocycles. The zero-order chi connectivity index (χ0) is 15.2. The van der Waals surface area contributed by atoms with E-state index in [1.54, 1.807) is 0 Å². The first-order valence-electron chi connectivity index (χ1n) is 8.22. The van der Waals surface area contributed by atoms with E-state index < -0.39 is 0 Å². The van der Waals surface area contributed by atoms with Gasteiger partial charge in [-0.3, -0.25) is 10.1 Å². The molecule has 0 spiro atoms. The first kappa shape index (κ1) is 16.2. The van der Waals surface area contributed by atoms with Crippen LogP contribution in [0.5, 0.6) is 0 Å². The lowest BCUT2D eigenvalue weighted by molar-refractivity contribution is -0.899. The van der Waals surface area contributed by atoms with Crippen LogP contribution in [0, 0.1) is 22.0 Å². The van der Waals surface area contributed by atoms with Crippen molar-refractivity contribution in [1.82, 2.24) is 0 Å². The van der Waals surface area contributed by atoms with E-state index in [2.05, 4.69) is 0 Å². The number of carbonyl (C=O) groups excluding carboxylic acids is 1. The number of quaternary nitrogens is 1. The maximum Gasteiger partial charge on any atom is 0.361 e. The van der Waals surface area contributed by atoms with Crippen molar-refractivity contribution in [3.05, 3.63) is 10.1 Å². The van der Waals surface area contributed by atoms with Crippen molar-refractivity contribution < 1.29 is 19.4 Å². The molecule has 0 aromatic carbocycles. The summed E-state index contributed by atoms with van der Waals surface area (Å²) in [5.41, 5.74) is 0. The summed E-state index contributed by atoms with van der Waals surface area (Å²) in [5.74, 6) is 1.01. The van der Waals surface area contributed by atoms with E-state index in [-0.39, 0.29) is 16.9 Å². The Morgan fingerprint density at radius 1 is 1.24 bits per heavy atom. The number of hydrogen-bond acceptors (Lipinski definition) is 4. The highest BCUT2D eigenvalue weighted by atomic mass is 16.6. The zero-order valence-corrected chi connectivity index (χ0v) is 12.9. The van der Waals surface area contributed by atoms with Crippen molar-refractivity contribution in [2.75, 3.05) is 26.2 Å². The van der Waals surface area contributed by atoms with Crippen LogP contribution in [0.25, 0.3) is 0 Å². The molecule has 6 nitrogen and oxygen atoms in total. The fourth-order valence-corrected chi connectivity index (χ4v) is 3.93. The first-order chi connectivity index (χ1) is 10.1. The summed E-state index contributed by atoms with van der Waals surface area (Å²) in [7, 11) is 0. The summed E-state index contributed by atoms with van der Waals surface area (Å²) < 4.78 is 4.99. The molecule has 1 N–H and O–H groups in total. The molecule has 2 rings (SSSR count). The standard InChI is InChI=1S/C15H26N2O4/c1-2-21-15(18)11-16-8-6-12(7-9-16)13-4-3-5-14(10-13)17(19)20/h12-14H,2-11H2,1H3/p+1. The van der Waals surface area contributed by atoms with E-state index in [0.717, 1.165) is 51.6 Å². The van der Waals surface area contributed by atoms with Gasteiger partial charge in [0, 0.05) is 17.8 Å². The Bertz CT molecular complexity index is 367. The molecule has 2 atom stereocenters. The van der Waals surface area contributed by atoms with E-state index in [4.69, 9.17) is 4.74 Å². The maximum absolute atomic E-state index is 11.5.